The zero-order valence-corrected chi connectivity index (χ0v) is 14.9. The van der Waals surface area contributed by atoms with Crippen LogP contribution in [0.4, 0.5) is 0 Å². The minimum atomic E-state index is -0.886. The monoisotopic (exact) mass is 374 g/mol. The highest BCUT2D eigenvalue weighted by molar-refractivity contribution is 8.00. The molecule has 0 fully saturated rings. The third-order valence-corrected chi connectivity index (χ3v) is 5.57. The second-order valence-corrected chi connectivity index (χ2v) is 7.00. The van der Waals surface area contributed by atoms with Gasteiger partial charge in [-0.1, -0.05) is 23.9 Å². The maximum atomic E-state index is 11.7. The first-order chi connectivity index (χ1) is 12.1. The molecule has 3 aromatic rings. The Morgan fingerprint density at radius 2 is 2.00 bits per heavy atom. The lowest BCUT2D eigenvalue weighted by Crippen LogP contribution is -2.03. The van der Waals surface area contributed by atoms with E-state index in [2.05, 4.69) is 9.97 Å². The Balaban J connectivity index is 1.90. The first-order valence-corrected chi connectivity index (χ1v) is 9.25. The number of carbonyl (C=O) groups excluding carboxylic acids is 1. The molecule has 0 amide bonds. The smallest absolute Gasteiger partial charge is 0.338 e. The van der Waals surface area contributed by atoms with Crippen LogP contribution in [0.15, 0.2) is 41.7 Å². The van der Waals surface area contributed by atoms with E-state index in [4.69, 9.17) is 9.84 Å². The molecule has 1 N–H and O–H groups in total. The molecule has 0 bridgehead atoms. The van der Waals surface area contributed by atoms with Gasteiger partial charge < -0.3 is 9.84 Å². The average molecular weight is 374 g/mol. The van der Waals surface area contributed by atoms with Gasteiger partial charge in [-0.3, -0.25) is 4.79 Å². The van der Waals surface area contributed by atoms with Gasteiger partial charge in [0.2, 0.25) is 0 Å². The number of carbonyl (C=O) groups is 2. The predicted molar refractivity (Wildman–Crippen MR) is 97.2 cm³/mol. The molecule has 0 saturated carbocycles. The molecule has 0 aliphatic carbocycles. The molecule has 128 valence electrons. The number of nitrogens with zero attached hydrogens (tertiary/aromatic N) is 2. The van der Waals surface area contributed by atoms with Gasteiger partial charge in [0.25, 0.3) is 0 Å². The summed E-state index contributed by atoms with van der Waals surface area (Å²) in [6, 6.07) is 9.10. The number of hydrogen-bond donors (Lipinski definition) is 1. The molecule has 0 saturated heterocycles. The van der Waals surface area contributed by atoms with Crippen LogP contribution >= 0.6 is 23.1 Å². The quantitative estimate of drug-likeness (QED) is 0.400. The zero-order valence-electron chi connectivity index (χ0n) is 13.3. The fourth-order valence-electron chi connectivity index (χ4n) is 2.19. The summed E-state index contributed by atoms with van der Waals surface area (Å²) in [6.45, 7) is 2.11. The van der Waals surface area contributed by atoms with Crippen LogP contribution in [-0.2, 0) is 9.53 Å². The summed E-state index contributed by atoms with van der Waals surface area (Å²) in [4.78, 5) is 31.9. The van der Waals surface area contributed by atoms with Crippen LogP contribution in [-0.4, -0.2) is 39.4 Å². The van der Waals surface area contributed by atoms with E-state index in [-0.39, 0.29) is 11.7 Å². The SMILES string of the molecule is CCOC(=O)c1ccc(-c2cc3ncnc(SCC(=O)O)c3s2)cc1. The number of aromatic nitrogens is 2. The van der Waals surface area contributed by atoms with Gasteiger partial charge in [0, 0.05) is 4.88 Å². The summed E-state index contributed by atoms with van der Waals surface area (Å²) < 4.78 is 5.84. The normalized spacial score (nSPS) is 10.8. The molecule has 0 atom stereocenters. The maximum Gasteiger partial charge on any atom is 0.338 e. The number of rotatable bonds is 6. The lowest BCUT2D eigenvalue weighted by atomic mass is 10.1. The molecule has 2 heterocycles. The highest BCUT2D eigenvalue weighted by Gasteiger charge is 2.13. The Labute approximate surface area is 151 Å². The van der Waals surface area contributed by atoms with Crippen molar-refractivity contribution in [3.63, 3.8) is 0 Å². The van der Waals surface area contributed by atoms with Gasteiger partial charge in [0.05, 0.1) is 28.1 Å². The van der Waals surface area contributed by atoms with Gasteiger partial charge in [-0.15, -0.1) is 11.3 Å². The molecule has 3 rings (SSSR count). The van der Waals surface area contributed by atoms with Crippen LogP contribution in [0.25, 0.3) is 20.7 Å². The second-order valence-electron chi connectivity index (χ2n) is 4.98. The van der Waals surface area contributed by atoms with Crippen LogP contribution in [0.5, 0.6) is 0 Å². The Morgan fingerprint density at radius 3 is 2.68 bits per heavy atom. The van der Waals surface area contributed by atoms with Crippen LogP contribution in [0.1, 0.15) is 17.3 Å². The summed E-state index contributed by atoms with van der Waals surface area (Å²) in [5.74, 6) is -1.28. The van der Waals surface area contributed by atoms with E-state index in [1.165, 1.54) is 29.4 Å². The minimum absolute atomic E-state index is 0.0480. The number of carboxylic acid groups (broad SMARTS) is 1. The Bertz CT molecular complexity index is 922. The standard InChI is InChI=1S/C17H14N2O4S2/c1-2-23-17(22)11-5-3-10(4-6-11)13-7-12-15(25-13)16(19-9-18-12)24-8-14(20)21/h3-7,9H,2,8H2,1H3,(H,20,21). The van der Waals surface area contributed by atoms with Gasteiger partial charge in [0.1, 0.15) is 11.4 Å². The highest BCUT2D eigenvalue weighted by Crippen LogP contribution is 2.36. The van der Waals surface area contributed by atoms with E-state index >= 15 is 0 Å². The van der Waals surface area contributed by atoms with Crippen LogP contribution in [0, 0.1) is 0 Å². The predicted octanol–water partition coefficient (Wildman–Crippen LogP) is 3.71. The zero-order chi connectivity index (χ0) is 17.8. The Morgan fingerprint density at radius 1 is 1.24 bits per heavy atom. The molecule has 8 heteroatoms. The van der Waals surface area contributed by atoms with Gasteiger partial charge in [-0.25, -0.2) is 14.8 Å². The second kappa shape index (κ2) is 7.62. The van der Waals surface area contributed by atoms with Gasteiger partial charge in [-0.05, 0) is 30.7 Å². The highest BCUT2D eigenvalue weighted by atomic mass is 32.2. The van der Waals surface area contributed by atoms with E-state index in [9.17, 15) is 9.59 Å². The number of carboxylic acids is 1. The van der Waals surface area contributed by atoms with Crippen molar-refractivity contribution in [3.05, 3.63) is 42.2 Å². The number of aliphatic carboxylic acids is 1. The summed E-state index contributed by atoms with van der Waals surface area (Å²) in [5, 5.41) is 9.50. The number of thiophene rings is 1. The van der Waals surface area contributed by atoms with Crippen molar-refractivity contribution in [2.45, 2.75) is 11.9 Å². The summed E-state index contributed by atoms with van der Waals surface area (Å²) in [7, 11) is 0. The first kappa shape index (κ1) is 17.4. The fraction of sp³-hybridized carbons (Fsp3) is 0.176. The number of thioether (sulfide) groups is 1. The third kappa shape index (κ3) is 3.97. The lowest BCUT2D eigenvalue weighted by molar-refractivity contribution is -0.133. The van der Waals surface area contributed by atoms with Crippen molar-refractivity contribution in [2.24, 2.45) is 0 Å². The number of benzene rings is 1. The molecule has 0 unspecified atom stereocenters. The molecule has 0 aliphatic heterocycles. The molecule has 0 spiro atoms. The van der Waals surface area contributed by atoms with Crippen molar-refractivity contribution < 1.29 is 19.4 Å². The number of hydrogen-bond acceptors (Lipinski definition) is 7. The van der Waals surface area contributed by atoms with E-state index < -0.39 is 5.97 Å². The first-order valence-electron chi connectivity index (χ1n) is 7.45. The molecular formula is C17H14N2O4S2. The molecule has 0 radical (unpaired) electrons. The topological polar surface area (TPSA) is 89.4 Å². The third-order valence-electron chi connectivity index (χ3n) is 3.29. The molecule has 2 aromatic heterocycles. The van der Waals surface area contributed by atoms with Gasteiger partial charge in [0.15, 0.2) is 0 Å². The molecule has 1 aromatic carbocycles. The molecule has 6 nitrogen and oxygen atoms in total. The van der Waals surface area contributed by atoms with Crippen LogP contribution in [0.2, 0.25) is 0 Å². The van der Waals surface area contributed by atoms with E-state index in [0.717, 1.165) is 20.7 Å². The van der Waals surface area contributed by atoms with Crippen molar-refractivity contribution in [3.8, 4) is 10.4 Å². The molecular weight excluding hydrogens is 360 g/mol. The summed E-state index contributed by atoms with van der Waals surface area (Å²) >= 11 is 2.68. The molecule has 0 aliphatic rings. The van der Waals surface area contributed by atoms with Crippen molar-refractivity contribution in [1.82, 2.24) is 9.97 Å². The lowest BCUT2D eigenvalue weighted by Gasteiger charge is -2.02. The summed E-state index contributed by atoms with van der Waals surface area (Å²) in [5.41, 5.74) is 2.23. The van der Waals surface area contributed by atoms with Crippen LogP contribution in [0.3, 0.4) is 0 Å². The fourth-order valence-corrected chi connectivity index (χ4v) is 4.11. The summed E-state index contributed by atoms with van der Waals surface area (Å²) in [6.07, 6.45) is 1.44. The number of ether oxygens (including phenoxy) is 1. The van der Waals surface area contributed by atoms with E-state index in [0.29, 0.717) is 17.2 Å². The Kier molecular flexibility index (Phi) is 5.30. The minimum Gasteiger partial charge on any atom is -0.481 e. The largest absolute Gasteiger partial charge is 0.481 e. The van der Waals surface area contributed by atoms with E-state index in [1.807, 2.05) is 18.2 Å². The van der Waals surface area contributed by atoms with E-state index in [1.54, 1.807) is 19.1 Å². The Hall–Kier alpha value is -2.45. The molecule has 25 heavy (non-hydrogen) atoms. The maximum absolute atomic E-state index is 11.7. The van der Waals surface area contributed by atoms with Crippen molar-refractivity contribution in [2.75, 3.05) is 12.4 Å². The average Bonchev–Trinajstić information content (AvgIpc) is 3.05. The van der Waals surface area contributed by atoms with Crippen LogP contribution < -0.4 is 0 Å². The van der Waals surface area contributed by atoms with Gasteiger partial charge in [-0.2, -0.15) is 0 Å². The van der Waals surface area contributed by atoms with Crippen molar-refractivity contribution >= 4 is 45.3 Å². The number of esters is 1. The van der Waals surface area contributed by atoms with Gasteiger partial charge >= 0.3 is 11.9 Å². The van der Waals surface area contributed by atoms with Crippen molar-refractivity contribution in [1.29, 1.82) is 0 Å². The number of fused-ring (bicyclic) bond motifs is 1.